The second kappa shape index (κ2) is 10.5. The maximum Gasteiger partial charge on any atom is 0.0708 e. The molecule has 0 N–H and O–H groups in total. The third-order valence-corrected chi connectivity index (χ3v) is 9.72. The molecule has 0 saturated heterocycles. The summed E-state index contributed by atoms with van der Waals surface area (Å²) in [6.45, 7) is 0. The average Bonchev–Trinajstić information content (AvgIpc) is 3.16. The summed E-state index contributed by atoms with van der Waals surface area (Å²) in [5, 5.41) is 9.80. The van der Waals surface area contributed by atoms with Crippen molar-refractivity contribution in [2.24, 2.45) is 0 Å². The van der Waals surface area contributed by atoms with Crippen molar-refractivity contribution >= 4 is 54.1 Å². The smallest absolute Gasteiger partial charge is 0.0708 e. The van der Waals surface area contributed by atoms with E-state index in [9.17, 15) is 0 Å². The summed E-state index contributed by atoms with van der Waals surface area (Å²) in [6.07, 6.45) is 5.57. The van der Waals surface area contributed by atoms with Crippen molar-refractivity contribution < 1.29 is 0 Å². The number of fused-ring (bicyclic) bond motifs is 2. The minimum absolute atomic E-state index is 0.990. The van der Waals surface area contributed by atoms with Gasteiger partial charge in [-0.2, -0.15) is 0 Å². The summed E-state index contributed by atoms with van der Waals surface area (Å²) in [6, 6.07) is 52.6. The largest absolute Gasteiger partial charge is 0.256 e. The first-order valence-electron chi connectivity index (χ1n) is 16.2. The number of hydrogen-bond acceptors (Lipinski definition) is 3. The number of nitrogens with zero attached hydrogens (tertiary/aromatic N) is 3. The molecule has 7 aromatic carbocycles. The highest BCUT2D eigenvalue weighted by molar-refractivity contribution is 6.27. The third-order valence-electron chi connectivity index (χ3n) is 9.72. The first-order chi connectivity index (χ1) is 23.8. The molecule has 3 nitrogen and oxygen atoms in total. The number of hydrogen-bond donors (Lipinski definition) is 0. The Morgan fingerprint density at radius 3 is 1.46 bits per heavy atom. The molecule has 0 atom stereocenters. The van der Waals surface area contributed by atoms with Crippen LogP contribution in [0.2, 0.25) is 0 Å². The standard InChI is InChI=1S/C45H27N3/c1-2-20-48-43(7-1)38-15-9-29-10-16-39-37(14-8-28-11-17-40(38)45(29)44(28)39)36-26-34(30-12-18-41-32(23-30)5-3-21-46-41)25-35(27-36)31-13-19-42-33(24-31)6-4-22-47-42/h1-27H. The summed E-state index contributed by atoms with van der Waals surface area (Å²) in [4.78, 5) is 13.8. The predicted molar refractivity (Wildman–Crippen MR) is 200 cm³/mol. The first kappa shape index (κ1) is 26.7. The van der Waals surface area contributed by atoms with Gasteiger partial charge in [-0.3, -0.25) is 15.0 Å². The maximum atomic E-state index is 4.70. The van der Waals surface area contributed by atoms with E-state index in [1.54, 1.807) is 0 Å². The van der Waals surface area contributed by atoms with Crippen molar-refractivity contribution in [3.05, 3.63) is 164 Å². The van der Waals surface area contributed by atoms with E-state index in [4.69, 9.17) is 4.98 Å². The zero-order valence-electron chi connectivity index (χ0n) is 25.9. The summed E-state index contributed by atoms with van der Waals surface area (Å²) in [5.74, 6) is 0. The molecular formula is C45H27N3. The maximum absolute atomic E-state index is 4.70. The van der Waals surface area contributed by atoms with Crippen molar-refractivity contribution in [2.45, 2.75) is 0 Å². The summed E-state index contributed by atoms with van der Waals surface area (Å²) < 4.78 is 0. The molecule has 0 aliphatic rings. The lowest BCUT2D eigenvalue weighted by atomic mass is 9.86. The van der Waals surface area contributed by atoms with E-state index < -0.39 is 0 Å². The van der Waals surface area contributed by atoms with Crippen molar-refractivity contribution in [3.63, 3.8) is 0 Å². The average molecular weight is 610 g/mol. The van der Waals surface area contributed by atoms with E-state index in [1.165, 1.54) is 65.7 Å². The van der Waals surface area contributed by atoms with Crippen LogP contribution in [-0.4, -0.2) is 15.0 Å². The van der Waals surface area contributed by atoms with Crippen molar-refractivity contribution in [1.29, 1.82) is 0 Å². The van der Waals surface area contributed by atoms with Gasteiger partial charge in [-0.05, 0) is 132 Å². The molecule has 3 aromatic heterocycles. The monoisotopic (exact) mass is 609 g/mol. The van der Waals surface area contributed by atoms with Gasteiger partial charge in [0.25, 0.3) is 0 Å². The minimum atomic E-state index is 0.990. The van der Waals surface area contributed by atoms with Gasteiger partial charge in [-0.25, -0.2) is 0 Å². The molecule has 3 heterocycles. The molecule has 0 aliphatic carbocycles. The van der Waals surface area contributed by atoms with Gasteiger partial charge < -0.3 is 0 Å². The van der Waals surface area contributed by atoms with E-state index in [1.807, 2.05) is 36.8 Å². The lowest BCUT2D eigenvalue weighted by Crippen LogP contribution is -1.91. The van der Waals surface area contributed by atoms with Gasteiger partial charge >= 0.3 is 0 Å². The normalized spacial score (nSPS) is 11.8. The SMILES string of the molecule is c1ccc(-c2ccc3ccc4c(-c5cc(-c6ccc7ncccc7c6)cc(-c6ccc7ncccc7c6)c5)ccc5ccc2c3c54)nc1. The van der Waals surface area contributed by atoms with Crippen LogP contribution in [0.25, 0.3) is 98.8 Å². The molecule has 0 amide bonds. The third kappa shape index (κ3) is 4.25. The zero-order valence-corrected chi connectivity index (χ0v) is 25.9. The number of benzene rings is 7. The highest BCUT2D eigenvalue weighted by Gasteiger charge is 2.17. The Morgan fingerprint density at radius 2 is 0.854 bits per heavy atom. The van der Waals surface area contributed by atoms with Crippen molar-refractivity contribution in [3.8, 4) is 44.6 Å². The van der Waals surface area contributed by atoms with Crippen LogP contribution < -0.4 is 0 Å². The van der Waals surface area contributed by atoms with Gasteiger partial charge in [0.05, 0.1) is 16.7 Å². The summed E-state index contributed by atoms with van der Waals surface area (Å²) in [7, 11) is 0. The molecule has 0 saturated carbocycles. The van der Waals surface area contributed by atoms with Gasteiger partial charge in [-0.15, -0.1) is 0 Å². The van der Waals surface area contributed by atoms with E-state index in [0.29, 0.717) is 0 Å². The molecule has 0 unspecified atom stereocenters. The van der Waals surface area contributed by atoms with Crippen molar-refractivity contribution in [1.82, 2.24) is 15.0 Å². The molecule has 0 spiro atoms. The lowest BCUT2D eigenvalue weighted by Gasteiger charge is -2.17. The molecule has 0 bridgehead atoms. The minimum Gasteiger partial charge on any atom is -0.256 e. The fourth-order valence-electron chi connectivity index (χ4n) is 7.42. The second-order valence-electron chi connectivity index (χ2n) is 12.5. The molecule has 10 rings (SSSR count). The Balaban J connectivity index is 1.23. The molecule has 48 heavy (non-hydrogen) atoms. The van der Waals surface area contributed by atoms with Gasteiger partial charge in [0.2, 0.25) is 0 Å². The lowest BCUT2D eigenvalue weighted by molar-refractivity contribution is 1.33. The number of rotatable bonds is 4. The molecule has 0 radical (unpaired) electrons. The van der Waals surface area contributed by atoms with Crippen LogP contribution in [0, 0.1) is 0 Å². The van der Waals surface area contributed by atoms with E-state index >= 15 is 0 Å². The zero-order chi connectivity index (χ0) is 31.6. The van der Waals surface area contributed by atoms with Crippen LogP contribution in [0.5, 0.6) is 0 Å². The molecule has 0 fully saturated rings. The number of pyridine rings is 3. The van der Waals surface area contributed by atoms with Gasteiger partial charge in [0, 0.05) is 34.9 Å². The first-order valence-corrected chi connectivity index (χ1v) is 16.2. The highest BCUT2D eigenvalue weighted by Crippen LogP contribution is 2.43. The van der Waals surface area contributed by atoms with Crippen LogP contribution in [0.3, 0.4) is 0 Å². The van der Waals surface area contributed by atoms with Crippen molar-refractivity contribution in [2.75, 3.05) is 0 Å². The summed E-state index contributed by atoms with van der Waals surface area (Å²) >= 11 is 0. The van der Waals surface area contributed by atoms with E-state index in [2.05, 4.69) is 137 Å². The van der Waals surface area contributed by atoms with Gasteiger partial charge in [0.1, 0.15) is 0 Å². The number of aromatic nitrogens is 3. The Hall–Kier alpha value is -6.45. The van der Waals surface area contributed by atoms with Gasteiger partial charge in [-0.1, -0.05) is 78.9 Å². The Labute approximate surface area is 277 Å². The molecule has 10 aromatic rings. The Morgan fingerprint density at radius 1 is 0.312 bits per heavy atom. The highest BCUT2D eigenvalue weighted by atomic mass is 14.7. The fraction of sp³-hybridized carbons (Fsp3) is 0. The van der Waals surface area contributed by atoms with Crippen LogP contribution in [0.15, 0.2) is 164 Å². The molecular weight excluding hydrogens is 583 g/mol. The Bertz CT molecular complexity index is 2740. The van der Waals surface area contributed by atoms with Crippen LogP contribution in [-0.2, 0) is 0 Å². The van der Waals surface area contributed by atoms with Gasteiger partial charge in [0.15, 0.2) is 0 Å². The topological polar surface area (TPSA) is 38.7 Å². The fourth-order valence-corrected chi connectivity index (χ4v) is 7.42. The Kier molecular flexibility index (Phi) is 5.87. The van der Waals surface area contributed by atoms with E-state index in [0.717, 1.165) is 33.1 Å². The van der Waals surface area contributed by atoms with Crippen LogP contribution >= 0.6 is 0 Å². The second-order valence-corrected chi connectivity index (χ2v) is 12.5. The molecule has 0 aliphatic heterocycles. The quantitative estimate of drug-likeness (QED) is 0.186. The van der Waals surface area contributed by atoms with Crippen LogP contribution in [0.1, 0.15) is 0 Å². The predicted octanol–water partition coefficient (Wildman–Crippen LogP) is 11.7. The van der Waals surface area contributed by atoms with Crippen LogP contribution in [0.4, 0.5) is 0 Å². The molecule has 222 valence electrons. The summed E-state index contributed by atoms with van der Waals surface area (Å²) in [5.41, 5.74) is 11.2. The van der Waals surface area contributed by atoms with E-state index in [-0.39, 0.29) is 0 Å². The molecule has 3 heteroatoms.